The fourth-order valence-corrected chi connectivity index (χ4v) is 9.18. The molecule has 3 saturated heterocycles. The lowest BCUT2D eigenvalue weighted by atomic mass is 9.86. The molecule has 1 atom stereocenters. The van der Waals surface area contributed by atoms with Crippen LogP contribution >= 0.6 is 0 Å². The first-order valence-corrected chi connectivity index (χ1v) is 20.5. The summed E-state index contributed by atoms with van der Waals surface area (Å²) in [5.41, 5.74) is 3.70. The van der Waals surface area contributed by atoms with Gasteiger partial charge in [0.25, 0.3) is 5.91 Å². The third-order valence-electron chi connectivity index (χ3n) is 12.5. The van der Waals surface area contributed by atoms with E-state index in [0.717, 1.165) is 119 Å². The molecule has 1 aliphatic carbocycles. The summed E-state index contributed by atoms with van der Waals surface area (Å²) in [5.74, 6) is -0.607. The second-order valence-corrected chi connectivity index (χ2v) is 16.2. The molecular weight excluding hydrogens is 750 g/mol. The molecule has 1 saturated carbocycles. The van der Waals surface area contributed by atoms with E-state index in [4.69, 9.17) is 4.98 Å². The number of rotatable bonds is 10. The molecule has 0 spiro atoms. The number of likely N-dealkylation sites (tertiary alicyclic amines) is 1. The van der Waals surface area contributed by atoms with Crippen LogP contribution in [0.3, 0.4) is 0 Å². The number of fused-ring (bicyclic) bond motifs is 1. The summed E-state index contributed by atoms with van der Waals surface area (Å²) in [6.45, 7) is 6.46. The molecule has 0 radical (unpaired) electrons. The average Bonchev–Trinajstić information content (AvgIpc) is 3.59. The Bertz CT molecular complexity index is 2120. The number of amides is 3. The van der Waals surface area contributed by atoms with Gasteiger partial charge in [0.1, 0.15) is 6.04 Å². The van der Waals surface area contributed by atoms with E-state index in [-0.39, 0.29) is 35.9 Å². The minimum atomic E-state index is -4.57. The molecule has 15 heteroatoms. The maximum Gasteiger partial charge on any atom is 0.416 e. The molecule has 4 aromatic rings. The predicted octanol–water partition coefficient (Wildman–Crippen LogP) is 6.03. The highest BCUT2D eigenvalue weighted by Gasteiger charge is 2.33. The number of carbonyl (C=O) groups excluding carboxylic acids is 3. The highest BCUT2D eigenvalue weighted by molar-refractivity contribution is 6.04. The van der Waals surface area contributed by atoms with Gasteiger partial charge in [-0.05, 0) is 112 Å². The Morgan fingerprint density at radius 2 is 1.60 bits per heavy atom. The molecule has 1 unspecified atom stereocenters. The lowest BCUT2D eigenvalue weighted by molar-refractivity contribution is -0.137. The topological polar surface area (TPSA) is 135 Å². The number of imidazole rings is 1. The zero-order valence-electron chi connectivity index (χ0n) is 32.5. The number of hydrogen-bond acceptors (Lipinski definition) is 9. The number of piperidine rings is 2. The van der Waals surface area contributed by atoms with Gasteiger partial charge in [-0.25, -0.2) is 4.98 Å². The number of carbonyl (C=O) groups is 3. The van der Waals surface area contributed by atoms with Crippen LogP contribution in [0, 0.1) is 5.92 Å². The molecule has 3 amide bonds. The maximum atomic E-state index is 13.4. The van der Waals surface area contributed by atoms with Gasteiger partial charge >= 0.3 is 6.18 Å². The van der Waals surface area contributed by atoms with Gasteiger partial charge in [0.2, 0.25) is 17.8 Å². The van der Waals surface area contributed by atoms with Gasteiger partial charge in [0.05, 0.1) is 16.6 Å². The normalized spacial score (nSPS) is 22.9. The lowest BCUT2D eigenvalue weighted by Crippen LogP contribution is -2.53. The Labute approximate surface area is 335 Å². The van der Waals surface area contributed by atoms with E-state index < -0.39 is 23.7 Å². The molecule has 4 fully saturated rings. The number of piperazine rings is 1. The Morgan fingerprint density at radius 3 is 2.33 bits per heavy atom. The molecule has 4 aliphatic rings. The number of halogens is 3. The number of imide groups is 1. The summed E-state index contributed by atoms with van der Waals surface area (Å²) in [5, 5.41) is 18.4. The average molecular weight is 801 g/mol. The quantitative estimate of drug-likeness (QED) is 0.142. The Morgan fingerprint density at radius 1 is 0.845 bits per heavy atom. The number of aromatic nitrogens is 2. The van der Waals surface area contributed by atoms with Crippen LogP contribution in [0.15, 0.2) is 66.7 Å². The van der Waals surface area contributed by atoms with E-state index in [1.54, 1.807) is 0 Å². The monoisotopic (exact) mass is 800 g/mol. The smallest absolute Gasteiger partial charge is 0.396 e. The summed E-state index contributed by atoms with van der Waals surface area (Å²) in [4.78, 5) is 49.7. The number of para-hydroxylation sites is 1. The number of alkyl halides is 3. The van der Waals surface area contributed by atoms with Crippen molar-refractivity contribution in [2.24, 2.45) is 5.92 Å². The Hall–Kier alpha value is -4.99. The summed E-state index contributed by atoms with van der Waals surface area (Å²) >= 11 is 0. The van der Waals surface area contributed by atoms with Crippen LogP contribution in [-0.2, 0) is 22.3 Å². The van der Waals surface area contributed by atoms with Crippen LogP contribution in [-0.4, -0.2) is 100 Å². The standard InChI is InChI=1S/C43H51F3N8O4/c44-43(45,46)31-6-3-5-29(24-31)40(57)50-42-48-37-25-34(12-14-38(37)54(42)33-10-8-28(27-55)9-11-33)53-22-20-52(21-23-53)32-16-18-51(19-17-32)26-30-4-1-2-7-35(30)47-36-13-15-39(56)49-41(36)58/h1-7,12,14,24-25,28,32-33,36,47,55H,8-11,13,15-23,26-27H2,(H,48,50,57)(H,49,56,58). The molecule has 8 rings (SSSR count). The SMILES string of the molecule is O=C1CCC(Nc2ccccc2CN2CCC(N3CCN(c4ccc5c(c4)nc(NC(=O)c4cccc(C(F)(F)F)c4)n5C4CCC(CO)CC4)CC3)CC2)C(=O)N1. The van der Waals surface area contributed by atoms with Gasteiger partial charge in [0, 0.05) is 74.8 Å². The van der Waals surface area contributed by atoms with E-state index in [2.05, 4.69) is 42.8 Å². The van der Waals surface area contributed by atoms with Crippen LogP contribution < -0.4 is 20.9 Å². The summed E-state index contributed by atoms with van der Waals surface area (Å²) in [6.07, 6.45) is 1.65. The molecule has 0 bridgehead atoms. The number of aliphatic hydroxyl groups excluding tert-OH is 1. The van der Waals surface area contributed by atoms with Crippen molar-refractivity contribution in [2.45, 2.75) is 82.2 Å². The fraction of sp³-hybridized carbons (Fsp3) is 0.488. The van der Waals surface area contributed by atoms with Crippen molar-refractivity contribution >= 4 is 46.1 Å². The zero-order chi connectivity index (χ0) is 40.4. The van der Waals surface area contributed by atoms with Gasteiger partial charge in [-0.2, -0.15) is 13.2 Å². The third kappa shape index (κ3) is 8.86. The summed E-state index contributed by atoms with van der Waals surface area (Å²) in [6, 6.07) is 18.8. The van der Waals surface area contributed by atoms with Crippen molar-refractivity contribution in [3.8, 4) is 0 Å². The van der Waals surface area contributed by atoms with Crippen molar-refractivity contribution < 1.29 is 32.7 Å². The van der Waals surface area contributed by atoms with Crippen molar-refractivity contribution in [1.29, 1.82) is 0 Å². The number of nitrogens with one attached hydrogen (secondary N) is 3. The number of aliphatic hydroxyl groups is 1. The highest BCUT2D eigenvalue weighted by Crippen LogP contribution is 2.38. The molecule has 4 N–H and O–H groups in total. The van der Waals surface area contributed by atoms with E-state index in [0.29, 0.717) is 30.3 Å². The van der Waals surface area contributed by atoms with E-state index in [1.165, 1.54) is 12.1 Å². The summed E-state index contributed by atoms with van der Waals surface area (Å²) < 4.78 is 42.4. The van der Waals surface area contributed by atoms with Gasteiger partial charge in [0.15, 0.2) is 0 Å². The molecule has 3 aromatic carbocycles. The minimum Gasteiger partial charge on any atom is -0.396 e. The molecule has 1 aromatic heterocycles. The predicted molar refractivity (Wildman–Crippen MR) is 216 cm³/mol. The van der Waals surface area contributed by atoms with Crippen LogP contribution in [0.25, 0.3) is 11.0 Å². The molecular formula is C43H51F3N8O4. The Balaban J connectivity index is 0.897. The summed E-state index contributed by atoms with van der Waals surface area (Å²) in [7, 11) is 0. The first kappa shape index (κ1) is 39.8. The van der Waals surface area contributed by atoms with Crippen molar-refractivity contribution in [3.63, 3.8) is 0 Å². The maximum absolute atomic E-state index is 13.4. The fourth-order valence-electron chi connectivity index (χ4n) is 9.18. The third-order valence-corrected chi connectivity index (χ3v) is 12.5. The van der Waals surface area contributed by atoms with E-state index >= 15 is 0 Å². The lowest BCUT2D eigenvalue weighted by Gasteiger charge is -2.43. The number of anilines is 3. The molecule has 4 heterocycles. The van der Waals surface area contributed by atoms with Crippen molar-refractivity contribution in [3.05, 3.63) is 83.4 Å². The molecule has 12 nitrogen and oxygen atoms in total. The second-order valence-electron chi connectivity index (χ2n) is 16.2. The van der Waals surface area contributed by atoms with E-state index in [1.807, 2.05) is 34.9 Å². The van der Waals surface area contributed by atoms with Crippen molar-refractivity contribution in [2.75, 3.05) is 61.4 Å². The first-order chi connectivity index (χ1) is 28.0. The van der Waals surface area contributed by atoms with Gasteiger partial charge in [-0.3, -0.25) is 34.8 Å². The zero-order valence-corrected chi connectivity index (χ0v) is 32.5. The number of nitrogens with zero attached hydrogens (tertiary/aromatic N) is 5. The van der Waals surface area contributed by atoms with Gasteiger partial charge in [-0.1, -0.05) is 24.3 Å². The number of hydrogen-bond donors (Lipinski definition) is 4. The Kier molecular flexibility index (Phi) is 11.7. The highest BCUT2D eigenvalue weighted by atomic mass is 19.4. The van der Waals surface area contributed by atoms with Crippen LogP contribution in [0.2, 0.25) is 0 Å². The van der Waals surface area contributed by atoms with Crippen LogP contribution in [0.4, 0.5) is 30.5 Å². The van der Waals surface area contributed by atoms with Crippen LogP contribution in [0.5, 0.6) is 0 Å². The number of benzene rings is 3. The van der Waals surface area contributed by atoms with Crippen LogP contribution in [0.1, 0.15) is 78.9 Å². The molecule has 3 aliphatic heterocycles. The van der Waals surface area contributed by atoms with Crippen molar-refractivity contribution in [1.82, 2.24) is 24.7 Å². The van der Waals surface area contributed by atoms with Gasteiger partial charge in [-0.15, -0.1) is 0 Å². The minimum absolute atomic E-state index is 0.0228. The van der Waals surface area contributed by atoms with Gasteiger partial charge < -0.3 is 19.9 Å². The largest absolute Gasteiger partial charge is 0.416 e. The second kappa shape index (κ2) is 17.1. The molecule has 308 valence electrons. The van der Waals surface area contributed by atoms with E-state index in [9.17, 15) is 32.7 Å². The first-order valence-electron chi connectivity index (χ1n) is 20.5. The molecule has 58 heavy (non-hydrogen) atoms.